The maximum Gasteiger partial charge on any atom is 0.265 e. The lowest BCUT2D eigenvalue weighted by Gasteiger charge is -2.36. The van der Waals surface area contributed by atoms with E-state index in [0.717, 1.165) is 24.1 Å². The summed E-state index contributed by atoms with van der Waals surface area (Å²) in [5, 5.41) is 2.80. The zero-order chi connectivity index (χ0) is 24.7. The van der Waals surface area contributed by atoms with Crippen LogP contribution in [0, 0.1) is 12.8 Å². The third kappa shape index (κ3) is 4.31. The second kappa shape index (κ2) is 9.28. The lowest BCUT2D eigenvalue weighted by Crippen LogP contribution is -2.48. The summed E-state index contributed by atoms with van der Waals surface area (Å²) in [7, 11) is -3.85. The van der Waals surface area contributed by atoms with E-state index in [1.165, 1.54) is 10.4 Å². The van der Waals surface area contributed by atoms with Crippen LogP contribution in [-0.4, -0.2) is 50.3 Å². The van der Waals surface area contributed by atoms with E-state index >= 15 is 0 Å². The first-order valence-electron chi connectivity index (χ1n) is 12.3. The Morgan fingerprint density at radius 2 is 1.97 bits per heavy atom. The Hall–Kier alpha value is -2.91. The van der Waals surface area contributed by atoms with Crippen LogP contribution in [0.5, 0.6) is 5.75 Å². The number of hydrogen-bond donors (Lipinski definition) is 1. The summed E-state index contributed by atoms with van der Waals surface area (Å²) in [4.78, 5) is 27.7. The summed E-state index contributed by atoms with van der Waals surface area (Å²) in [6.45, 7) is 4.74. The van der Waals surface area contributed by atoms with Gasteiger partial charge < -0.3 is 15.0 Å². The fourth-order valence-electron chi connectivity index (χ4n) is 5.32. The number of fused-ring (bicyclic) bond motifs is 2. The monoisotopic (exact) mass is 497 g/mol. The van der Waals surface area contributed by atoms with Gasteiger partial charge in [-0.1, -0.05) is 25.1 Å². The van der Waals surface area contributed by atoms with E-state index in [-0.39, 0.29) is 29.2 Å². The number of carbonyl (C=O) groups is 2. The van der Waals surface area contributed by atoms with Crippen molar-refractivity contribution in [3.8, 4) is 5.75 Å². The van der Waals surface area contributed by atoms with Gasteiger partial charge >= 0.3 is 0 Å². The molecule has 2 amide bonds. The maximum atomic E-state index is 13.7. The predicted molar refractivity (Wildman–Crippen MR) is 133 cm³/mol. The zero-order valence-corrected chi connectivity index (χ0v) is 20.9. The van der Waals surface area contributed by atoms with Crippen LogP contribution in [0.2, 0.25) is 0 Å². The normalized spacial score (nSPS) is 22.6. The van der Waals surface area contributed by atoms with Crippen molar-refractivity contribution in [3.63, 3.8) is 0 Å². The second-order valence-corrected chi connectivity index (χ2v) is 11.4. The Balaban J connectivity index is 1.39. The van der Waals surface area contributed by atoms with Gasteiger partial charge in [0.2, 0.25) is 15.9 Å². The number of piperidine rings is 1. The molecule has 0 saturated carbocycles. The summed E-state index contributed by atoms with van der Waals surface area (Å²) in [5.74, 6) is -0.263. The van der Waals surface area contributed by atoms with E-state index in [9.17, 15) is 18.0 Å². The van der Waals surface area contributed by atoms with Crippen LogP contribution in [0.1, 0.15) is 43.7 Å². The molecule has 2 atom stereocenters. The molecule has 1 fully saturated rings. The SMILES string of the molecule is CCC1Oc2cc(S(=O)(=O)N3CCCC(C(=O)N4CCCc5ccccc54)C3)c(C)cc2NC1=O. The highest BCUT2D eigenvalue weighted by molar-refractivity contribution is 7.89. The largest absolute Gasteiger partial charge is 0.478 e. The number of carbonyl (C=O) groups excluding carboxylic acids is 2. The third-order valence-corrected chi connectivity index (χ3v) is 9.20. The highest BCUT2D eigenvalue weighted by Gasteiger charge is 2.38. The van der Waals surface area contributed by atoms with Crippen LogP contribution in [0.25, 0.3) is 0 Å². The number of sulfonamides is 1. The lowest BCUT2D eigenvalue weighted by molar-refractivity contribution is -0.124. The number of hydrogen-bond acceptors (Lipinski definition) is 5. The number of rotatable bonds is 4. The number of nitrogens with one attached hydrogen (secondary N) is 1. The van der Waals surface area contributed by atoms with Crippen molar-refractivity contribution in [1.29, 1.82) is 0 Å². The van der Waals surface area contributed by atoms with Gasteiger partial charge in [0.1, 0.15) is 5.75 Å². The molecule has 3 heterocycles. The fraction of sp³-hybridized carbons (Fsp3) is 0.462. The summed E-state index contributed by atoms with van der Waals surface area (Å²) in [5.41, 5.74) is 3.11. The van der Waals surface area contributed by atoms with E-state index in [1.807, 2.05) is 30.0 Å². The molecule has 2 aromatic rings. The van der Waals surface area contributed by atoms with Gasteiger partial charge in [0, 0.05) is 31.4 Å². The number of anilines is 2. The molecule has 8 nitrogen and oxygen atoms in total. The van der Waals surface area contributed by atoms with Crippen molar-refractivity contribution in [2.45, 2.75) is 57.0 Å². The molecule has 3 aliphatic rings. The maximum absolute atomic E-state index is 13.7. The van der Waals surface area contributed by atoms with Crippen LogP contribution in [0.3, 0.4) is 0 Å². The Morgan fingerprint density at radius 3 is 2.77 bits per heavy atom. The fourth-order valence-corrected chi connectivity index (χ4v) is 7.06. The van der Waals surface area contributed by atoms with Crippen LogP contribution < -0.4 is 15.0 Å². The molecule has 0 radical (unpaired) electrons. The first-order chi connectivity index (χ1) is 16.8. The lowest BCUT2D eigenvalue weighted by atomic mass is 9.95. The molecule has 9 heteroatoms. The molecule has 0 aromatic heterocycles. The molecule has 35 heavy (non-hydrogen) atoms. The quantitative estimate of drug-likeness (QED) is 0.698. The van der Waals surface area contributed by atoms with Crippen molar-refractivity contribution in [3.05, 3.63) is 47.5 Å². The second-order valence-electron chi connectivity index (χ2n) is 9.54. The Labute approximate surface area is 206 Å². The minimum absolute atomic E-state index is 0.00366. The number of aryl methyl sites for hydroxylation is 2. The van der Waals surface area contributed by atoms with Gasteiger partial charge in [-0.3, -0.25) is 9.59 Å². The van der Waals surface area contributed by atoms with Gasteiger partial charge in [-0.25, -0.2) is 8.42 Å². The predicted octanol–water partition coefficient (Wildman–Crippen LogP) is 3.48. The first-order valence-corrected chi connectivity index (χ1v) is 13.7. The van der Waals surface area contributed by atoms with Crippen molar-refractivity contribution in [2.75, 3.05) is 29.9 Å². The van der Waals surface area contributed by atoms with Crippen molar-refractivity contribution in [1.82, 2.24) is 4.31 Å². The van der Waals surface area contributed by atoms with E-state index < -0.39 is 16.1 Å². The molecule has 5 rings (SSSR count). The zero-order valence-electron chi connectivity index (χ0n) is 20.1. The molecule has 186 valence electrons. The molecule has 0 aliphatic carbocycles. The highest BCUT2D eigenvalue weighted by Crippen LogP contribution is 2.37. The van der Waals surface area contributed by atoms with Gasteiger partial charge in [0.15, 0.2) is 6.10 Å². The van der Waals surface area contributed by atoms with Crippen molar-refractivity contribution >= 4 is 33.2 Å². The van der Waals surface area contributed by atoms with Crippen molar-refractivity contribution < 1.29 is 22.7 Å². The smallest absolute Gasteiger partial charge is 0.265 e. The minimum atomic E-state index is -3.85. The van der Waals surface area contributed by atoms with Gasteiger partial charge in [-0.2, -0.15) is 4.31 Å². The molecular weight excluding hydrogens is 466 g/mol. The summed E-state index contributed by atoms with van der Waals surface area (Å²) < 4.78 is 34.6. The number of para-hydroxylation sites is 1. The van der Waals surface area contributed by atoms with E-state index in [2.05, 4.69) is 11.4 Å². The Morgan fingerprint density at radius 1 is 1.17 bits per heavy atom. The first kappa shape index (κ1) is 23.8. The Bertz CT molecular complexity index is 1280. The average molecular weight is 498 g/mol. The van der Waals surface area contributed by atoms with E-state index in [4.69, 9.17) is 4.74 Å². The number of ether oxygens (including phenoxy) is 1. The number of nitrogens with zero attached hydrogens (tertiary/aromatic N) is 2. The standard InChI is InChI=1S/C26H31N3O5S/c1-3-22-25(30)27-20-14-17(2)24(15-23(20)34-22)35(32,33)28-12-6-10-19(16-28)26(31)29-13-7-9-18-8-4-5-11-21(18)29/h4-5,8,11,14-15,19,22H,3,6-7,9-10,12-13,16H2,1-2H3,(H,27,30). The van der Waals surface area contributed by atoms with E-state index in [1.54, 1.807) is 13.0 Å². The molecule has 1 saturated heterocycles. The molecule has 2 unspecified atom stereocenters. The van der Waals surface area contributed by atoms with Gasteiger partial charge in [0.25, 0.3) is 5.91 Å². The minimum Gasteiger partial charge on any atom is -0.478 e. The molecule has 0 bridgehead atoms. The summed E-state index contributed by atoms with van der Waals surface area (Å²) in [6.07, 6.45) is 2.98. The molecule has 3 aliphatic heterocycles. The summed E-state index contributed by atoms with van der Waals surface area (Å²) >= 11 is 0. The van der Waals surface area contributed by atoms with Gasteiger partial charge in [-0.15, -0.1) is 0 Å². The average Bonchev–Trinajstić information content (AvgIpc) is 2.87. The number of amides is 2. The topological polar surface area (TPSA) is 96.0 Å². The molecule has 0 spiro atoms. The highest BCUT2D eigenvalue weighted by atomic mass is 32.2. The third-order valence-electron chi connectivity index (χ3n) is 7.19. The van der Waals surface area contributed by atoms with E-state index in [0.29, 0.717) is 49.4 Å². The number of benzene rings is 2. The van der Waals surface area contributed by atoms with Gasteiger partial charge in [-0.05, 0) is 62.3 Å². The summed E-state index contributed by atoms with van der Waals surface area (Å²) in [6, 6.07) is 11.1. The van der Waals surface area contributed by atoms with Crippen molar-refractivity contribution in [2.24, 2.45) is 5.92 Å². The molecule has 2 aromatic carbocycles. The Kier molecular flexibility index (Phi) is 6.31. The van der Waals surface area contributed by atoms with Crippen LogP contribution in [0.15, 0.2) is 41.3 Å². The molecule has 1 N–H and O–H groups in total. The van der Waals surface area contributed by atoms with Crippen LogP contribution >= 0.6 is 0 Å². The van der Waals surface area contributed by atoms with Crippen LogP contribution in [-0.2, 0) is 26.0 Å². The van der Waals surface area contributed by atoms with Crippen LogP contribution in [0.4, 0.5) is 11.4 Å². The molecular formula is C26H31N3O5S. The van der Waals surface area contributed by atoms with Gasteiger partial charge in [0.05, 0.1) is 16.5 Å².